The highest BCUT2D eigenvalue weighted by Crippen LogP contribution is 2.27. The van der Waals surface area contributed by atoms with E-state index in [1.807, 2.05) is 13.0 Å². The Morgan fingerprint density at radius 1 is 1.12 bits per heavy atom. The summed E-state index contributed by atoms with van der Waals surface area (Å²) < 4.78 is 5.08. The molecule has 4 amide bonds. The lowest BCUT2D eigenvalue weighted by molar-refractivity contribution is -0.122. The molecule has 6 nitrogen and oxygen atoms in total. The van der Waals surface area contributed by atoms with Crippen LogP contribution in [-0.2, 0) is 9.59 Å². The van der Waals surface area contributed by atoms with Gasteiger partial charge in [0.2, 0.25) is 0 Å². The lowest BCUT2D eigenvalue weighted by atomic mass is 10.1. The molecule has 3 rings (SSSR count). The van der Waals surface area contributed by atoms with Gasteiger partial charge in [-0.3, -0.25) is 14.9 Å². The minimum absolute atomic E-state index is 0.160. The summed E-state index contributed by atoms with van der Waals surface area (Å²) in [5.74, 6) is -0.975. The average Bonchev–Trinajstić information content (AvgIpc) is 2.58. The van der Waals surface area contributed by atoms with Crippen LogP contribution in [0.15, 0.2) is 48.0 Å². The van der Waals surface area contributed by atoms with Crippen LogP contribution < -0.4 is 15.0 Å². The van der Waals surface area contributed by atoms with Crippen LogP contribution in [0.3, 0.4) is 0 Å². The molecule has 2 aromatic carbocycles. The summed E-state index contributed by atoms with van der Waals surface area (Å²) in [4.78, 5) is 38.1. The number of carbonyl (C=O) groups excluding carboxylic acids is 3. The number of hydrogen-bond acceptors (Lipinski definition) is 4. The van der Waals surface area contributed by atoms with Gasteiger partial charge >= 0.3 is 6.03 Å². The maximum absolute atomic E-state index is 12.8. The van der Waals surface area contributed by atoms with Crippen LogP contribution in [0.25, 0.3) is 6.08 Å². The van der Waals surface area contributed by atoms with E-state index in [4.69, 9.17) is 16.3 Å². The monoisotopic (exact) mass is 370 g/mol. The number of halogens is 1. The average molecular weight is 371 g/mol. The number of benzene rings is 2. The van der Waals surface area contributed by atoms with E-state index in [0.29, 0.717) is 22.0 Å². The first kappa shape index (κ1) is 17.7. The smallest absolute Gasteiger partial charge is 0.335 e. The quantitative estimate of drug-likeness (QED) is 0.664. The van der Waals surface area contributed by atoms with Crippen molar-refractivity contribution in [3.8, 4) is 5.75 Å². The topological polar surface area (TPSA) is 75.7 Å². The van der Waals surface area contributed by atoms with E-state index < -0.39 is 17.8 Å². The number of ether oxygens (including phenoxy) is 1. The molecule has 0 spiro atoms. The van der Waals surface area contributed by atoms with Crippen molar-refractivity contribution in [1.82, 2.24) is 5.32 Å². The van der Waals surface area contributed by atoms with Gasteiger partial charge in [0, 0.05) is 0 Å². The number of anilines is 1. The van der Waals surface area contributed by atoms with E-state index in [9.17, 15) is 14.4 Å². The number of amides is 4. The number of nitrogens with one attached hydrogen (secondary N) is 1. The predicted molar refractivity (Wildman–Crippen MR) is 98.2 cm³/mol. The molecule has 1 N–H and O–H groups in total. The number of imide groups is 2. The summed E-state index contributed by atoms with van der Waals surface area (Å²) >= 11 is 6.08. The normalized spacial score (nSPS) is 16.0. The SMILES string of the molecule is COc1ccc(C=C2C(=O)NC(=O)N(c3cccc(C)c3)C2=O)cc1Cl. The van der Waals surface area contributed by atoms with Crippen molar-refractivity contribution in [1.29, 1.82) is 0 Å². The van der Waals surface area contributed by atoms with Gasteiger partial charge in [-0.15, -0.1) is 0 Å². The van der Waals surface area contributed by atoms with Crippen LogP contribution in [-0.4, -0.2) is 25.0 Å². The number of nitrogens with zero attached hydrogens (tertiary/aromatic N) is 1. The standard InChI is InChI=1S/C19H15ClN2O4/c1-11-4-3-5-13(8-11)22-18(24)14(17(23)21-19(22)25)9-12-6-7-16(26-2)15(20)10-12/h3-10H,1-2H3,(H,21,23,25). The molecule has 1 heterocycles. The fourth-order valence-electron chi connectivity index (χ4n) is 2.60. The predicted octanol–water partition coefficient (Wildman–Crippen LogP) is 3.32. The second-order valence-corrected chi connectivity index (χ2v) is 6.10. The van der Waals surface area contributed by atoms with Gasteiger partial charge in [-0.1, -0.05) is 29.8 Å². The van der Waals surface area contributed by atoms with Crippen molar-refractivity contribution in [2.75, 3.05) is 12.0 Å². The summed E-state index contributed by atoms with van der Waals surface area (Å²) in [6.45, 7) is 1.84. The number of rotatable bonds is 3. The Balaban J connectivity index is 2.01. The van der Waals surface area contributed by atoms with Crippen molar-refractivity contribution >= 4 is 41.2 Å². The molecule has 0 saturated carbocycles. The van der Waals surface area contributed by atoms with Gasteiger partial charge in [0.05, 0.1) is 17.8 Å². The number of barbiturate groups is 1. The third-order valence-electron chi connectivity index (χ3n) is 3.85. The molecule has 132 valence electrons. The molecule has 1 aliphatic rings. The largest absolute Gasteiger partial charge is 0.495 e. The van der Waals surface area contributed by atoms with E-state index in [1.54, 1.807) is 36.4 Å². The Morgan fingerprint density at radius 3 is 2.54 bits per heavy atom. The first-order valence-corrected chi connectivity index (χ1v) is 8.10. The summed E-state index contributed by atoms with van der Waals surface area (Å²) in [5, 5.41) is 2.53. The Kier molecular flexibility index (Phi) is 4.77. The maximum Gasteiger partial charge on any atom is 0.335 e. The second kappa shape index (κ2) is 7.01. The van der Waals surface area contributed by atoms with Gasteiger partial charge in [-0.2, -0.15) is 0 Å². The molecular formula is C19H15ClN2O4. The summed E-state index contributed by atoms with van der Waals surface area (Å²) in [5.41, 5.74) is 1.64. The molecule has 1 fully saturated rings. The Hall–Kier alpha value is -3.12. The highest BCUT2D eigenvalue weighted by atomic mass is 35.5. The van der Waals surface area contributed by atoms with Crippen LogP contribution >= 0.6 is 11.6 Å². The Bertz CT molecular complexity index is 952. The van der Waals surface area contributed by atoms with Crippen molar-refractivity contribution in [3.63, 3.8) is 0 Å². The molecule has 0 aromatic heterocycles. The number of hydrogen-bond donors (Lipinski definition) is 1. The zero-order valence-corrected chi connectivity index (χ0v) is 14.8. The number of aryl methyl sites for hydroxylation is 1. The van der Waals surface area contributed by atoms with E-state index >= 15 is 0 Å². The lowest BCUT2D eigenvalue weighted by Crippen LogP contribution is -2.54. The van der Waals surface area contributed by atoms with Crippen molar-refractivity contribution in [2.24, 2.45) is 0 Å². The summed E-state index contributed by atoms with van der Waals surface area (Å²) in [7, 11) is 1.49. The van der Waals surface area contributed by atoms with Crippen LogP contribution in [0.1, 0.15) is 11.1 Å². The fraction of sp³-hybridized carbons (Fsp3) is 0.105. The zero-order valence-electron chi connectivity index (χ0n) is 14.1. The molecule has 2 aromatic rings. The van der Waals surface area contributed by atoms with Gasteiger partial charge in [-0.05, 0) is 48.4 Å². The first-order chi connectivity index (χ1) is 12.4. The van der Waals surface area contributed by atoms with Crippen molar-refractivity contribution in [2.45, 2.75) is 6.92 Å². The highest BCUT2D eigenvalue weighted by molar-refractivity contribution is 6.39. The van der Waals surface area contributed by atoms with Crippen LogP contribution in [0.2, 0.25) is 5.02 Å². The molecule has 0 bridgehead atoms. The summed E-state index contributed by atoms with van der Waals surface area (Å²) in [6, 6.07) is 11.0. The molecule has 0 unspecified atom stereocenters. The van der Waals surface area contributed by atoms with Crippen molar-refractivity contribution in [3.05, 3.63) is 64.2 Å². The second-order valence-electron chi connectivity index (χ2n) is 5.69. The van der Waals surface area contributed by atoms with Crippen LogP contribution in [0, 0.1) is 6.92 Å². The zero-order chi connectivity index (χ0) is 18.8. The fourth-order valence-corrected chi connectivity index (χ4v) is 2.86. The van der Waals surface area contributed by atoms with Crippen LogP contribution in [0.4, 0.5) is 10.5 Å². The van der Waals surface area contributed by atoms with E-state index in [2.05, 4.69) is 5.32 Å². The van der Waals surface area contributed by atoms with E-state index in [0.717, 1.165) is 10.5 Å². The molecule has 0 atom stereocenters. The van der Waals surface area contributed by atoms with E-state index in [1.165, 1.54) is 13.2 Å². The molecule has 1 saturated heterocycles. The van der Waals surface area contributed by atoms with Gasteiger partial charge in [0.15, 0.2) is 0 Å². The number of carbonyl (C=O) groups is 3. The van der Waals surface area contributed by atoms with Gasteiger partial charge in [-0.25, -0.2) is 9.69 Å². The molecule has 0 aliphatic carbocycles. The Labute approximate surface area is 155 Å². The molecule has 7 heteroatoms. The lowest BCUT2D eigenvalue weighted by Gasteiger charge is -2.26. The molecular weight excluding hydrogens is 356 g/mol. The highest BCUT2D eigenvalue weighted by Gasteiger charge is 2.36. The minimum Gasteiger partial charge on any atom is -0.495 e. The molecule has 0 radical (unpaired) electrons. The summed E-state index contributed by atoms with van der Waals surface area (Å²) in [6.07, 6.45) is 1.39. The Morgan fingerprint density at radius 2 is 1.88 bits per heavy atom. The third-order valence-corrected chi connectivity index (χ3v) is 4.14. The molecule has 1 aliphatic heterocycles. The van der Waals surface area contributed by atoms with Gasteiger partial charge < -0.3 is 4.74 Å². The third kappa shape index (κ3) is 3.32. The maximum atomic E-state index is 12.8. The molecule has 26 heavy (non-hydrogen) atoms. The van der Waals surface area contributed by atoms with Gasteiger partial charge in [0.25, 0.3) is 11.8 Å². The minimum atomic E-state index is -0.782. The van der Waals surface area contributed by atoms with Gasteiger partial charge in [0.1, 0.15) is 11.3 Å². The first-order valence-electron chi connectivity index (χ1n) is 7.72. The number of methoxy groups -OCH3 is 1. The van der Waals surface area contributed by atoms with E-state index in [-0.39, 0.29) is 5.57 Å². The van der Waals surface area contributed by atoms with Crippen LogP contribution in [0.5, 0.6) is 5.75 Å². The number of urea groups is 1. The van der Waals surface area contributed by atoms with Crippen molar-refractivity contribution < 1.29 is 19.1 Å².